The number of halogens is 3. The van der Waals surface area contributed by atoms with E-state index in [1.807, 2.05) is 0 Å². The lowest BCUT2D eigenvalue weighted by Gasteiger charge is -2.12. The number of hydrogen-bond donors (Lipinski definition) is 2. The first-order valence-corrected chi connectivity index (χ1v) is 5.64. The Balaban J connectivity index is 2.50. The van der Waals surface area contributed by atoms with E-state index in [-0.39, 0.29) is 16.8 Å². The van der Waals surface area contributed by atoms with Gasteiger partial charge in [-0.2, -0.15) is 0 Å². The highest BCUT2D eigenvalue weighted by molar-refractivity contribution is 5.95. The molecular formula is C14H10F3NO2. The van der Waals surface area contributed by atoms with Crippen LogP contribution in [0.15, 0.2) is 30.3 Å². The Bertz CT molecular complexity index is 686. The number of carboxylic acids is 1. The molecule has 2 aromatic rings. The number of nitrogens with one attached hydrogen (secondary N) is 1. The van der Waals surface area contributed by atoms with Gasteiger partial charge in [-0.05, 0) is 30.7 Å². The highest BCUT2D eigenvalue weighted by Crippen LogP contribution is 2.27. The number of carboxylic acid groups (broad SMARTS) is 1. The summed E-state index contributed by atoms with van der Waals surface area (Å²) in [6, 6.07) is 5.20. The fourth-order valence-corrected chi connectivity index (χ4v) is 1.71. The fraction of sp³-hybridized carbons (Fsp3) is 0.0714. The molecule has 0 saturated carbocycles. The third-order valence-electron chi connectivity index (χ3n) is 2.75. The van der Waals surface area contributed by atoms with Gasteiger partial charge in [-0.25, -0.2) is 18.0 Å². The maximum atomic E-state index is 13.7. The minimum Gasteiger partial charge on any atom is -0.478 e. The van der Waals surface area contributed by atoms with Gasteiger partial charge in [0.2, 0.25) is 0 Å². The van der Waals surface area contributed by atoms with Crippen molar-refractivity contribution in [2.24, 2.45) is 0 Å². The molecule has 6 heteroatoms. The van der Waals surface area contributed by atoms with Crippen LogP contribution in [-0.2, 0) is 0 Å². The van der Waals surface area contributed by atoms with Crippen molar-refractivity contribution in [2.45, 2.75) is 6.92 Å². The standard InChI is InChI=1S/C14H10F3NO2/c1-7-5-11(17)12(6-10(7)16)18-13-8(14(19)20)3-2-4-9(13)15/h2-6,18H,1H3,(H,19,20). The summed E-state index contributed by atoms with van der Waals surface area (Å²) in [6.07, 6.45) is 0. The molecule has 0 aliphatic rings. The minimum atomic E-state index is -1.38. The topological polar surface area (TPSA) is 49.3 Å². The van der Waals surface area contributed by atoms with Gasteiger partial charge in [0, 0.05) is 6.07 Å². The summed E-state index contributed by atoms with van der Waals surface area (Å²) in [5, 5.41) is 11.2. The fourth-order valence-electron chi connectivity index (χ4n) is 1.71. The van der Waals surface area contributed by atoms with Gasteiger partial charge < -0.3 is 10.4 Å². The highest BCUT2D eigenvalue weighted by atomic mass is 19.1. The van der Waals surface area contributed by atoms with Gasteiger partial charge >= 0.3 is 5.97 Å². The van der Waals surface area contributed by atoms with E-state index in [0.29, 0.717) is 0 Å². The number of benzene rings is 2. The zero-order valence-electron chi connectivity index (χ0n) is 10.4. The van der Waals surface area contributed by atoms with E-state index in [4.69, 9.17) is 5.11 Å². The normalized spacial score (nSPS) is 10.4. The second-order valence-corrected chi connectivity index (χ2v) is 4.17. The van der Waals surface area contributed by atoms with E-state index in [2.05, 4.69) is 5.32 Å². The molecule has 0 aliphatic carbocycles. The summed E-state index contributed by atoms with van der Waals surface area (Å²) in [5.74, 6) is -3.73. The highest BCUT2D eigenvalue weighted by Gasteiger charge is 2.16. The average molecular weight is 281 g/mol. The van der Waals surface area contributed by atoms with E-state index in [1.165, 1.54) is 13.0 Å². The Labute approximate surface area is 112 Å². The molecule has 0 unspecified atom stereocenters. The number of carbonyl (C=O) groups is 1. The molecule has 20 heavy (non-hydrogen) atoms. The van der Waals surface area contributed by atoms with Gasteiger partial charge in [0.05, 0.1) is 16.9 Å². The van der Waals surface area contributed by atoms with Gasteiger partial charge in [-0.1, -0.05) is 6.07 Å². The summed E-state index contributed by atoms with van der Waals surface area (Å²) in [6.45, 7) is 1.38. The maximum absolute atomic E-state index is 13.7. The van der Waals surface area contributed by atoms with Gasteiger partial charge in [0.1, 0.15) is 17.5 Å². The van der Waals surface area contributed by atoms with Crippen molar-refractivity contribution in [3.8, 4) is 0 Å². The Kier molecular flexibility index (Phi) is 3.65. The summed E-state index contributed by atoms with van der Waals surface area (Å²) in [7, 11) is 0. The predicted molar refractivity (Wildman–Crippen MR) is 67.7 cm³/mol. The van der Waals surface area contributed by atoms with E-state index >= 15 is 0 Å². The average Bonchev–Trinajstić information content (AvgIpc) is 2.37. The van der Waals surface area contributed by atoms with Crippen LogP contribution in [0.25, 0.3) is 0 Å². The Morgan fingerprint density at radius 3 is 2.45 bits per heavy atom. The van der Waals surface area contributed by atoms with Gasteiger partial charge in [0.25, 0.3) is 0 Å². The first-order valence-electron chi connectivity index (χ1n) is 5.64. The van der Waals surface area contributed by atoms with Crippen LogP contribution in [0.5, 0.6) is 0 Å². The molecule has 0 saturated heterocycles. The van der Waals surface area contributed by atoms with Crippen LogP contribution in [0.1, 0.15) is 15.9 Å². The Morgan fingerprint density at radius 2 is 1.80 bits per heavy atom. The number of anilines is 2. The molecule has 0 radical (unpaired) electrons. The number of aromatic carboxylic acids is 1. The number of rotatable bonds is 3. The number of para-hydroxylation sites is 1. The van der Waals surface area contributed by atoms with Gasteiger partial charge in [-0.3, -0.25) is 0 Å². The lowest BCUT2D eigenvalue weighted by atomic mass is 10.1. The minimum absolute atomic E-state index is 0.0973. The van der Waals surface area contributed by atoms with Crippen molar-refractivity contribution in [2.75, 3.05) is 5.32 Å². The van der Waals surface area contributed by atoms with E-state index in [1.54, 1.807) is 0 Å². The third-order valence-corrected chi connectivity index (χ3v) is 2.75. The zero-order chi connectivity index (χ0) is 14.9. The van der Waals surface area contributed by atoms with Crippen molar-refractivity contribution in [1.29, 1.82) is 0 Å². The van der Waals surface area contributed by atoms with E-state index < -0.39 is 29.1 Å². The summed E-state index contributed by atoms with van der Waals surface area (Å²) in [5.41, 5.74) is -1.02. The van der Waals surface area contributed by atoms with E-state index in [9.17, 15) is 18.0 Å². The molecule has 0 spiro atoms. The van der Waals surface area contributed by atoms with Crippen LogP contribution in [0.4, 0.5) is 24.5 Å². The molecule has 2 N–H and O–H groups in total. The Morgan fingerprint density at radius 1 is 1.10 bits per heavy atom. The van der Waals surface area contributed by atoms with Crippen LogP contribution < -0.4 is 5.32 Å². The monoisotopic (exact) mass is 281 g/mol. The third kappa shape index (κ3) is 2.59. The molecular weight excluding hydrogens is 271 g/mol. The summed E-state index contributed by atoms with van der Waals surface area (Å²) < 4.78 is 40.8. The molecule has 0 atom stereocenters. The van der Waals surface area contributed by atoms with Crippen LogP contribution in [0.3, 0.4) is 0 Å². The van der Waals surface area contributed by atoms with Crippen LogP contribution in [-0.4, -0.2) is 11.1 Å². The lowest BCUT2D eigenvalue weighted by Crippen LogP contribution is -2.06. The number of hydrogen-bond acceptors (Lipinski definition) is 2. The van der Waals surface area contributed by atoms with Crippen molar-refractivity contribution in [1.82, 2.24) is 0 Å². The second-order valence-electron chi connectivity index (χ2n) is 4.17. The first-order chi connectivity index (χ1) is 9.40. The molecule has 0 heterocycles. The smallest absolute Gasteiger partial charge is 0.337 e. The molecule has 2 aromatic carbocycles. The molecule has 0 amide bonds. The molecule has 0 fully saturated rings. The molecule has 3 nitrogen and oxygen atoms in total. The predicted octanol–water partition coefficient (Wildman–Crippen LogP) is 3.85. The summed E-state index contributed by atoms with van der Waals surface area (Å²) >= 11 is 0. The lowest BCUT2D eigenvalue weighted by molar-refractivity contribution is 0.0697. The SMILES string of the molecule is Cc1cc(F)c(Nc2c(F)cccc2C(=O)O)cc1F. The molecule has 104 valence electrons. The second kappa shape index (κ2) is 5.24. The van der Waals surface area contributed by atoms with Crippen molar-refractivity contribution >= 4 is 17.3 Å². The first kappa shape index (κ1) is 13.9. The molecule has 0 aromatic heterocycles. The molecule has 0 bridgehead atoms. The molecule has 0 aliphatic heterocycles. The van der Waals surface area contributed by atoms with Crippen molar-refractivity contribution < 1.29 is 23.1 Å². The quantitative estimate of drug-likeness (QED) is 0.898. The Hall–Kier alpha value is -2.50. The van der Waals surface area contributed by atoms with Crippen molar-refractivity contribution in [3.05, 3.63) is 58.9 Å². The zero-order valence-corrected chi connectivity index (χ0v) is 10.4. The largest absolute Gasteiger partial charge is 0.478 e. The van der Waals surface area contributed by atoms with E-state index in [0.717, 1.165) is 24.3 Å². The summed E-state index contributed by atoms with van der Waals surface area (Å²) in [4.78, 5) is 11.0. The van der Waals surface area contributed by atoms with Gasteiger partial charge in [0.15, 0.2) is 0 Å². The van der Waals surface area contributed by atoms with Crippen LogP contribution >= 0.6 is 0 Å². The maximum Gasteiger partial charge on any atom is 0.337 e. The van der Waals surface area contributed by atoms with Crippen LogP contribution in [0, 0.1) is 24.4 Å². The molecule has 2 rings (SSSR count). The number of aryl methyl sites for hydroxylation is 1. The van der Waals surface area contributed by atoms with Crippen LogP contribution in [0.2, 0.25) is 0 Å². The van der Waals surface area contributed by atoms with Crippen molar-refractivity contribution in [3.63, 3.8) is 0 Å². The van der Waals surface area contributed by atoms with Gasteiger partial charge in [-0.15, -0.1) is 0 Å².